The van der Waals surface area contributed by atoms with Crippen molar-refractivity contribution in [2.75, 3.05) is 21.2 Å². The lowest BCUT2D eigenvalue weighted by Crippen LogP contribution is -2.42. The number of nitriles is 1. The predicted molar refractivity (Wildman–Crippen MR) is 132 cm³/mol. The Hall–Kier alpha value is -3.44. The molecule has 1 heterocycles. The first-order valence-corrected chi connectivity index (χ1v) is 13.7. The Labute approximate surface area is 223 Å². The van der Waals surface area contributed by atoms with E-state index in [0.717, 1.165) is 12.1 Å². The minimum Gasteiger partial charge on any atom is -0.381 e. The van der Waals surface area contributed by atoms with Crippen LogP contribution < -0.4 is 5.32 Å². The summed E-state index contributed by atoms with van der Waals surface area (Å²) in [5.41, 5.74) is -1.95. The summed E-state index contributed by atoms with van der Waals surface area (Å²) >= 11 is 0. The molecular weight excluding hydrogens is 539 g/mol. The monoisotopic (exact) mass is 567 g/mol. The molecule has 2 amide bonds. The van der Waals surface area contributed by atoms with Crippen molar-refractivity contribution in [2.24, 2.45) is 5.92 Å². The molecule has 2 aliphatic rings. The number of halogens is 3. The lowest BCUT2D eigenvalue weighted by atomic mass is 10.0. The zero-order chi connectivity index (χ0) is 28.8. The number of carbonyl (C=O) groups is 2. The number of benzene rings is 1. The Bertz CT molecular complexity index is 1430. The topological polar surface area (TPSA) is 134 Å². The number of amides is 2. The van der Waals surface area contributed by atoms with E-state index in [-0.39, 0.29) is 36.4 Å². The molecule has 3 atom stereocenters. The number of hydrogen-bond acceptors (Lipinski definition) is 7. The quantitative estimate of drug-likeness (QED) is 0.518. The van der Waals surface area contributed by atoms with Gasteiger partial charge in [-0.25, -0.2) is 8.42 Å². The molecule has 0 saturated heterocycles. The lowest BCUT2D eigenvalue weighted by molar-refractivity contribution is -0.140. The van der Waals surface area contributed by atoms with E-state index in [1.807, 2.05) is 6.07 Å². The second-order valence-electron chi connectivity index (χ2n) is 10.1. The molecule has 2 aromatic rings. The zero-order valence-corrected chi connectivity index (χ0v) is 22.3. The second kappa shape index (κ2) is 10.3. The molecule has 10 nitrogen and oxygen atoms in total. The number of sulfone groups is 1. The SMILES string of the molecule is CO[C@@H]1C[C@H](S(=O)(=O)c2ccc(-c3cnn(CC(=O)N(C)C)c3)cc2C(F)(F)F)C[C@H]1C(=O)NC1(C#N)CC1. The van der Waals surface area contributed by atoms with Gasteiger partial charge in [0.25, 0.3) is 0 Å². The number of alkyl halides is 3. The van der Waals surface area contributed by atoms with Gasteiger partial charge in [0.05, 0.1) is 40.0 Å². The number of nitrogens with one attached hydrogen (secondary N) is 1. The Morgan fingerprint density at radius 3 is 2.51 bits per heavy atom. The normalized spacial score (nSPS) is 22.2. The molecule has 2 fully saturated rings. The third kappa shape index (κ3) is 5.79. The summed E-state index contributed by atoms with van der Waals surface area (Å²) in [7, 11) is -0.104. The van der Waals surface area contributed by atoms with Gasteiger partial charge in [-0.2, -0.15) is 23.5 Å². The Balaban J connectivity index is 1.62. The molecule has 0 unspecified atom stereocenters. The fourth-order valence-corrected chi connectivity index (χ4v) is 6.70. The van der Waals surface area contributed by atoms with Crippen LogP contribution in [0, 0.1) is 17.2 Å². The highest BCUT2D eigenvalue weighted by molar-refractivity contribution is 7.92. The first kappa shape index (κ1) is 28.6. The van der Waals surface area contributed by atoms with Gasteiger partial charge < -0.3 is 15.0 Å². The van der Waals surface area contributed by atoms with Gasteiger partial charge in [-0.1, -0.05) is 6.07 Å². The number of rotatable bonds is 8. The standard InChI is InChI=1S/C25H28F3N5O5S/c1-32(2)22(34)13-33-12-16(11-30-33)15-4-5-21(19(8-15)25(26,27)28)39(36,37)17-9-18(20(10-17)38-3)23(35)31-24(14-29)6-7-24/h4-5,8,11-12,17-18,20H,6-7,9-10,13H2,1-3H3,(H,31,35)/t17-,18-,20-/m1/s1. The first-order valence-electron chi connectivity index (χ1n) is 12.1. The summed E-state index contributed by atoms with van der Waals surface area (Å²) in [5.74, 6) is -1.74. The van der Waals surface area contributed by atoms with Crippen molar-refractivity contribution in [3.8, 4) is 17.2 Å². The van der Waals surface area contributed by atoms with E-state index in [1.165, 1.54) is 35.2 Å². The van der Waals surface area contributed by atoms with Crippen LogP contribution in [0.3, 0.4) is 0 Å². The van der Waals surface area contributed by atoms with E-state index < -0.39 is 55.2 Å². The van der Waals surface area contributed by atoms with Crippen molar-refractivity contribution < 1.29 is 35.9 Å². The van der Waals surface area contributed by atoms with Crippen molar-refractivity contribution in [1.29, 1.82) is 5.26 Å². The molecule has 210 valence electrons. The fraction of sp³-hybridized carbons (Fsp3) is 0.520. The van der Waals surface area contributed by atoms with Crippen molar-refractivity contribution in [3.05, 3.63) is 36.2 Å². The molecule has 0 spiro atoms. The minimum absolute atomic E-state index is 0.0782. The lowest BCUT2D eigenvalue weighted by Gasteiger charge is -2.19. The average Bonchev–Trinajstić information content (AvgIpc) is 3.27. The predicted octanol–water partition coefficient (Wildman–Crippen LogP) is 2.40. The summed E-state index contributed by atoms with van der Waals surface area (Å²) in [4.78, 5) is 25.2. The Morgan fingerprint density at radius 1 is 1.26 bits per heavy atom. The summed E-state index contributed by atoms with van der Waals surface area (Å²) in [6, 6.07) is 4.95. The summed E-state index contributed by atoms with van der Waals surface area (Å²) in [6.07, 6.45) is -2.56. The van der Waals surface area contributed by atoms with Gasteiger partial charge in [-0.15, -0.1) is 0 Å². The van der Waals surface area contributed by atoms with Crippen LogP contribution in [-0.4, -0.2) is 73.0 Å². The fourth-order valence-electron chi connectivity index (χ4n) is 4.70. The van der Waals surface area contributed by atoms with Crippen molar-refractivity contribution in [3.63, 3.8) is 0 Å². The largest absolute Gasteiger partial charge is 0.417 e. The maximum absolute atomic E-state index is 14.2. The van der Waals surface area contributed by atoms with Crippen molar-refractivity contribution >= 4 is 21.7 Å². The molecule has 2 aliphatic carbocycles. The number of hydrogen-bond donors (Lipinski definition) is 1. The Morgan fingerprint density at radius 2 is 1.95 bits per heavy atom. The first-order chi connectivity index (χ1) is 18.2. The van der Waals surface area contributed by atoms with E-state index in [0.29, 0.717) is 12.8 Å². The van der Waals surface area contributed by atoms with Gasteiger partial charge in [0.2, 0.25) is 11.8 Å². The van der Waals surface area contributed by atoms with Gasteiger partial charge >= 0.3 is 6.18 Å². The van der Waals surface area contributed by atoms with Crippen LogP contribution in [0.1, 0.15) is 31.2 Å². The number of nitrogens with zero attached hydrogens (tertiary/aromatic N) is 4. The molecular formula is C25H28F3N5O5S. The average molecular weight is 568 g/mol. The maximum atomic E-state index is 14.2. The van der Waals surface area contributed by atoms with Crippen molar-refractivity contribution in [2.45, 2.75) is 60.2 Å². The molecule has 39 heavy (non-hydrogen) atoms. The molecule has 0 aliphatic heterocycles. The van der Waals surface area contributed by atoms with Crippen LogP contribution in [0.4, 0.5) is 13.2 Å². The highest BCUT2D eigenvalue weighted by Gasteiger charge is 2.51. The molecule has 0 bridgehead atoms. The Kier molecular flexibility index (Phi) is 7.52. The third-order valence-electron chi connectivity index (χ3n) is 7.22. The summed E-state index contributed by atoms with van der Waals surface area (Å²) in [6.45, 7) is -0.113. The van der Waals surface area contributed by atoms with E-state index in [9.17, 15) is 36.4 Å². The molecule has 4 rings (SSSR count). The third-order valence-corrected chi connectivity index (χ3v) is 9.45. The van der Waals surface area contributed by atoms with Gasteiger partial charge in [-0.3, -0.25) is 14.3 Å². The number of likely N-dealkylation sites (N-methyl/N-ethyl adjacent to an activating group) is 1. The molecule has 2 saturated carbocycles. The number of ether oxygens (including phenoxy) is 1. The van der Waals surface area contributed by atoms with E-state index >= 15 is 0 Å². The van der Waals surface area contributed by atoms with Gasteiger partial charge in [0, 0.05) is 33.0 Å². The van der Waals surface area contributed by atoms with Gasteiger partial charge in [0.1, 0.15) is 12.1 Å². The van der Waals surface area contributed by atoms with Crippen LogP contribution in [0.25, 0.3) is 11.1 Å². The van der Waals surface area contributed by atoms with Crippen LogP contribution >= 0.6 is 0 Å². The van der Waals surface area contributed by atoms with Crippen LogP contribution in [0.15, 0.2) is 35.5 Å². The number of carbonyl (C=O) groups excluding carboxylic acids is 2. The van der Waals surface area contributed by atoms with Crippen LogP contribution in [0.5, 0.6) is 0 Å². The summed E-state index contributed by atoms with van der Waals surface area (Å²) in [5, 5.41) is 14.6. The highest BCUT2D eigenvalue weighted by Crippen LogP contribution is 2.43. The van der Waals surface area contributed by atoms with Gasteiger partial charge in [0.15, 0.2) is 9.84 Å². The smallest absolute Gasteiger partial charge is 0.381 e. The molecule has 14 heteroatoms. The number of methoxy groups -OCH3 is 1. The minimum atomic E-state index is -4.99. The van der Waals surface area contributed by atoms with E-state index in [2.05, 4.69) is 10.4 Å². The van der Waals surface area contributed by atoms with Crippen LogP contribution in [0.2, 0.25) is 0 Å². The van der Waals surface area contributed by atoms with Crippen LogP contribution in [-0.2, 0) is 36.9 Å². The maximum Gasteiger partial charge on any atom is 0.417 e. The molecule has 1 aromatic carbocycles. The van der Waals surface area contributed by atoms with Gasteiger partial charge in [-0.05, 0) is 43.4 Å². The van der Waals surface area contributed by atoms with E-state index in [4.69, 9.17) is 4.74 Å². The van der Waals surface area contributed by atoms with E-state index in [1.54, 1.807) is 14.1 Å². The zero-order valence-electron chi connectivity index (χ0n) is 21.5. The highest BCUT2D eigenvalue weighted by atomic mass is 32.2. The molecule has 0 radical (unpaired) electrons. The summed E-state index contributed by atoms with van der Waals surface area (Å²) < 4.78 is 76.1. The van der Waals surface area contributed by atoms with Crippen molar-refractivity contribution in [1.82, 2.24) is 20.0 Å². The molecule has 1 aromatic heterocycles. The number of aromatic nitrogens is 2. The second-order valence-corrected chi connectivity index (χ2v) is 12.3. The molecule has 1 N–H and O–H groups in total.